The van der Waals surface area contributed by atoms with E-state index >= 15 is 0 Å². The number of rotatable bonds is 9. The number of ether oxygens (including phenoxy) is 2. The van der Waals surface area contributed by atoms with Crippen molar-refractivity contribution < 1.29 is 9.47 Å². The minimum absolute atomic E-state index is 0.527. The van der Waals surface area contributed by atoms with Gasteiger partial charge in [0.1, 0.15) is 24.5 Å². The molecule has 1 N–H and O–H groups in total. The van der Waals surface area contributed by atoms with Crippen molar-refractivity contribution in [3.05, 3.63) is 95.8 Å². The van der Waals surface area contributed by atoms with Gasteiger partial charge in [-0.15, -0.1) is 0 Å². The van der Waals surface area contributed by atoms with Crippen molar-refractivity contribution in [2.75, 3.05) is 19.0 Å². The van der Waals surface area contributed by atoms with Crippen LogP contribution in [0, 0.1) is 0 Å². The zero-order valence-electron chi connectivity index (χ0n) is 17.0. The largest absolute Gasteiger partial charge is 0.489 e. The van der Waals surface area contributed by atoms with Gasteiger partial charge in [-0.05, 0) is 41.3 Å². The van der Waals surface area contributed by atoms with Crippen LogP contribution in [0.3, 0.4) is 0 Å². The highest BCUT2D eigenvalue weighted by molar-refractivity contribution is 5.89. The van der Waals surface area contributed by atoms with Crippen molar-refractivity contribution in [1.29, 1.82) is 0 Å². The molecule has 0 spiro atoms. The normalized spacial score (nSPS) is 10.8. The molecule has 1 heterocycles. The molecule has 30 heavy (non-hydrogen) atoms. The van der Waals surface area contributed by atoms with E-state index in [1.54, 1.807) is 13.4 Å². The predicted octanol–water partition coefficient (Wildman–Crippen LogP) is 5.01. The van der Waals surface area contributed by atoms with Crippen molar-refractivity contribution in [2.24, 2.45) is 0 Å². The summed E-state index contributed by atoms with van der Waals surface area (Å²) in [5.41, 5.74) is 4.51. The van der Waals surface area contributed by atoms with Crippen LogP contribution < -0.4 is 10.1 Å². The van der Waals surface area contributed by atoms with Gasteiger partial charge in [0.2, 0.25) is 0 Å². The van der Waals surface area contributed by atoms with Gasteiger partial charge in [-0.2, -0.15) is 0 Å². The first-order valence-corrected chi connectivity index (χ1v) is 10.0. The SMILES string of the molecule is COCc1ccccc1CCNc1ncnc2ccc(OCc3ccccc3)cc12. The molecular formula is C25H25N3O2. The van der Waals surface area contributed by atoms with Gasteiger partial charge in [-0.25, -0.2) is 9.97 Å². The lowest BCUT2D eigenvalue weighted by Gasteiger charge is -2.12. The van der Waals surface area contributed by atoms with Crippen LogP contribution in [0.5, 0.6) is 5.75 Å². The first kappa shape index (κ1) is 19.9. The predicted molar refractivity (Wildman–Crippen MR) is 120 cm³/mol. The number of anilines is 1. The van der Waals surface area contributed by atoms with E-state index in [4.69, 9.17) is 9.47 Å². The van der Waals surface area contributed by atoms with Gasteiger partial charge in [0.15, 0.2) is 0 Å². The summed E-state index contributed by atoms with van der Waals surface area (Å²) in [5.74, 6) is 1.61. The summed E-state index contributed by atoms with van der Waals surface area (Å²) in [6.07, 6.45) is 2.48. The van der Waals surface area contributed by atoms with E-state index in [2.05, 4.69) is 45.6 Å². The van der Waals surface area contributed by atoms with Gasteiger partial charge in [0, 0.05) is 19.0 Å². The summed E-state index contributed by atoms with van der Waals surface area (Å²) in [7, 11) is 1.72. The Bertz CT molecular complexity index is 1100. The summed E-state index contributed by atoms with van der Waals surface area (Å²) in [6.45, 7) is 1.91. The Morgan fingerprint density at radius 3 is 2.47 bits per heavy atom. The smallest absolute Gasteiger partial charge is 0.137 e. The second-order valence-corrected chi connectivity index (χ2v) is 7.05. The third-order valence-corrected chi connectivity index (χ3v) is 4.96. The molecule has 0 radical (unpaired) electrons. The maximum absolute atomic E-state index is 5.97. The molecule has 0 aliphatic carbocycles. The molecule has 152 valence electrons. The number of methoxy groups -OCH3 is 1. The molecule has 3 aromatic carbocycles. The van der Waals surface area contributed by atoms with Crippen LogP contribution in [-0.4, -0.2) is 23.6 Å². The molecule has 4 aromatic rings. The highest BCUT2D eigenvalue weighted by Gasteiger charge is 2.07. The molecular weight excluding hydrogens is 374 g/mol. The number of nitrogens with zero attached hydrogens (tertiary/aromatic N) is 2. The van der Waals surface area contributed by atoms with Crippen LogP contribution in [-0.2, 0) is 24.4 Å². The second kappa shape index (κ2) is 9.85. The summed E-state index contributed by atoms with van der Waals surface area (Å²) in [4.78, 5) is 8.84. The number of aromatic nitrogens is 2. The van der Waals surface area contributed by atoms with E-state index in [1.807, 2.05) is 42.5 Å². The van der Waals surface area contributed by atoms with E-state index in [0.717, 1.165) is 41.0 Å². The Labute approximate surface area is 176 Å². The van der Waals surface area contributed by atoms with Crippen LogP contribution in [0.25, 0.3) is 10.9 Å². The third-order valence-electron chi connectivity index (χ3n) is 4.96. The van der Waals surface area contributed by atoms with Crippen molar-refractivity contribution in [2.45, 2.75) is 19.6 Å². The standard InChI is InChI=1S/C25H25N3O2/c1-29-17-21-10-6-5-9-20(21)13-14-26-25-23-15-22(11-12-24(23)27-18-28-25)30-16-19-7-3-2-4-8-19/h2-12,15,18H,13-14,16-17H2,1H3,(H,26,27,28). The topological polar surface area (TPSA) is 56.3 Å². The molecule has 0 atom stereocenters. The fourth-order valence-corrected chi connectivity index (χ4v) is 3.42. The molecule has 5 nitrogen and oxygen atoms in total. The van der Waals surface area contributed by atoms with Gasteiger partial charge >= 0.3 is 0 Å². The number of nitrogens with one attached hydrogen (secondary N) is 1. The van der Waals surface area contributed by atoms with E-state index in [-0.39, 0.29) is 0 Å². The molecule has 0 aliphatic heterocycles. The zero-order valence-corrected chi connectivity index (χ0v) is 17.0. The molecule has 0 saturated heterocycles. The maximum Gasteiger partial charge on any atom is 0.137 e. The number of fused-ring (bicyclic) bond motifs is 1. The zero-order chi connectivity index (χ0) is 20.6. The molecule has 4 rings (SSSR count). The number of hydrogen-bond acceptors (Lipinski definition) is 5. The van der Waals surface area contributed by atoms with Crippen molar-refractivity contribution in [1.82, 2.24) is 9.97 Å². The van der Waals surface area contributed by atoms with E-state index < -0.39 is 0 Å². The minimum Gasteiger partial charge on any atom is -0.489 e. The lowest BCUT2D eigenvalue weighted by molar-refractivity contribution is 0.184. The fourth-order valence-electron chi connectivity index (χ4n) is 3.42. The van der Waals surface area contributed by atoms with Crippen molar-refractivity contribution in [3.8, 4) is 5.75 Å². The first-order chi connectivity index (χ1) is 14.8. The maximum atomic E-state index is 5.97. The van der Waals surface area contributed by atoms with Crippen LogP contribution in [0.2, 0.25) is 0 Å². The highest BCUT2D eigenvalue weighted by atomic mass is 16.5. The Balaban J connectivity index is 1.46. The van der Waals surface area contributed by atoms with E-state index in [0.29, 0.717) is 13.2 Å². The summed E-state index contributed by atoms with van der Waals surface area (Å²) < 4.78 is 11.3. The summed E-state index contributed by atoms with van der Waals surface area (Å²) >= 11 is 0. The number of hydrogen-bond donors (Lipinski definition) is 1. The van der Waals surface area contributed by atoms with Gasteiger partial charge in [0.05, 0.1) is 12.1 Å². The fraction of sp³-hybridized carbons (Fsp3) is 0.200. The van der Waals surface area contributed by atoms with E-state index in [9.17, 15) is 0 Å². The Morgan fingerprint density at radius 2 is 1.63 bits per heavy atom. The Hall–Kier alpha value is -3.44. The molecule has 0 amide bonds. The summed E-state index contributed by atoms with van der Waals surface area (Å²) in [5, 5.41) is 4.41. The van der Waals surface area contributed by atoms with Gasteiger partial charge in [-0.3, -0.25) is 0 Å². The van der Waals surface area contributed by atoms with Crippen LogP contribution in [0.1, 0.15) is 16.7 Å². The minimum atomic E-state index is 0.527. The Morgan fingerprint density at radius 1 is 0.833 bits per heavy atom. The average molecular weight is 399 g/mol. The lowest BCUT2D eigenvalue weighted by atomic mass is 10.1. The van der Waals surface area contributed by atoms with Crippen molar-refractivity contribution >= 4 is 16.7 Å². The van der Waals surface area contributed by atoms with Crippen LogP contribution in [0.15, 0.2) is 79.1 Å². The molecule has 0 fully saturated rings. The Kier molecular flexibility index (Phi) is 6.52. The van der Waals surface area contributed by atoms with Crippen LogP contribution in [0.4, 0.5) is 5.82 Å². The molecule has 0 unspecified atom stereocenters. The molecule has 5 heteroatoms. The van der Waals surface area contributed by atoms with Crippen molar-refractivity contribution in [3.63, 3.8) is 0 Å². The molecule has 0 aliphatic rings. The second-order valence-electron chi connectivity index (χ2n) is 7.05. The van der Waals surface area contributed by atoms with Crippen LogP contribution >= 0.6 is 0 Å². The number of benzene rings is 3. The van der Waals surface area contributed by atoms with E-state index in [1.165, 1.54) is 11.1 Å². The first-order valence-electron chi connectivity index (χ1n) is 10.0. The molecule has 0 saturated carbocycles. The monoisotopic (exact) mass is 399 g/mol. The lowest BCUT2D eigenvalue weighted by Crippen LogP contribution is -2.09. The molecule has 0 bridgehead atoms. The summed E-state index contributed by atoms with van der Waals surface area (Å²) in [6, 6.07) is 24.4. The van der Waals surface area contributed by atoms with Gasteiger partial charge in [-0.1, -0.05) is 54.6 Å². The highest BCUT2D eigenvalue weighted by Crippen LogP contribution is 2.25. The van der Waals surface area contributed by atoms with Gasteiger partial charge in [0.25, 0.3) is 0 Å². The quantitative estimate of drug-likeness (QED) is 0.429. The molecule has 1 aromatic heterocycles. The third kappa shape index (κ3) is 4.93. The van der Waals surface area contributed by atoms with Gasteiger partial charge < -0.3 is 14.8 Å². The average Bonchev–Trinajstić information content (AvgIpc) is 2.80.